The van der Waals surface area contributed by atoms with Gasteiger partial charge in [-0.2, -0.15) is 5.10 Å². The molecule has 7 nitrogen and oxygen atoms in total. The van der Waals surface area contributed by atoms with Gasteiger partial charge < -0.3 is 19.5 Å². The van der Waals surface area contributed by atoms with Crippen molar-refractivity contribution >= 4 is 29.1 Å². The molecule has 0 spiro atoms. The summed E-state index contributed by atoms with van der Waals surface area (Å²) >= 11 is 1.38. The fourth-order valence-electron chi connectivity index (χ4n) is 3.46. The van der Waals surface area contributed by atoms with Crippen LogP contribution in [-0.4, -0.2) is 36.3 Å². The van der Waals surface area contributed by atoms with Crippen LogP contribution in [0.4, 0.5) is 0 Å². The van der Waals surface area contributed by atoms with Gasteiger partial charge in [0.15, 0.2) is 16.7 Å². The van der Waals surface area contributed by atoms with Gasteiger partial charge in [0.2, 0.25) is 5.91 Å². The van der Waals surface area contributed by atoms with Crippen molar-refractivity contribution in [2.75, 3.05) is 13.7 Å². The highest BCUT2D eigenvalue weighted by atomic mass is 32.2. The standard InChI is InChI=1S/C27H27N3O4S/c1-3-33-22-12-9-19(10-13-22)16-25-26(31)29-27(35-25)30-28-17-21-11-14-23(24(15-21)32-2)34-18-20-7-5-4-6-8-20/h4-15,17,25H,3,16,18H2,1-2H3,(H,29,30,31)/b28-17+. The van der Waals surface area contributed by atoms with Crippen LogP contribution in [0.1, 0.15) is 23.6 Å². The van der Waals surface area contributed by atoms with Gasteiger partial charge in [0, 0.05) is 0 Å². The molecule has 1 fully saturated rings. The maximum atomic E-state index is 12.4. The van der Waals surface area contributed by atoms with E-state index < -0.39 is 0 Å². The van der Waals surface area contributed by atoms with Crippen molar-refractivity contribution in [3.63, 3.8) is 0 Å². The number of hydrogen-bond donors (Lipinski definition) is 1. The highest BCUT2D eigenvalue weighted by molar-refractivity contribution is 8.15. The molecule has 1 saturated heterocycles. The Bertz CT molecular complexity index is 1200. The summed E-state index contributed by atoms with van der Waals surface area (Å²) in [6, 6.07) is 23.3. The molecule has 1 N–H and O–H groups in total. The zero-order valence-corrected chi connectivity index (χ0v) is 20.5. The minimum absolute atomic E-state index is 0.0700. The highest BCUT2D eigenvalue weighted by Crippen LogP contribution is 2.28. The Morgan fingerprint density at radius 3 is 2.51 bits per heavy atom. The maximum Gasteiger partial charge on any atom is 0.239 e. The number of hydrogen-bond acceptors (Lipinski definition) is 7. The lowest BCUT2D eigenvalue weighted by atomic mass is 10.1. The summed E-state index contributed by atoms with van der Waals surface area (Å²) < 4.78 is 16.8. The third kappa shape index (κ3) is 6.86. The molecule has 4 rings (SSSR count). The van der Waals surface area contributed by atoms with E-state index in [0.29, 0.717) is 36.3 Å². The number of methoxy groups -OCH3 is 1. The monoisotopic (exact) mass is 489 g/mol. The van der Waals surface area contributed by atoms with E-state index in [1.54, 1.807) is 13.3 Å². The number of amides is 1. The second-order valence-electron chi connectivity index (χ2n) is 7.71. The van der Waals surface area contributed by atoms with Crippen LogP contribution in [-0.2, 0) is 17.8 Å². The van der Waals surface area contributed by atoms with Crippen LogP contribution in [0.15, 0.2) is 83.0 Å². The SMILES string of the molecule is CCOc1ccc(CC2S/C(=N/N=C/c3ccc(OCc4ccccc4)c(OC)c3)NC2=O)cc1. The van der Waals surface area contributed by atoms with E-state index in [0.717, 1.165) is 22.4 Å². The van der Waals surface area contributed by atoms with Crippen molar-refractivity contribution in [1.82, 2.24) is 5.32 Å². The molecule has 35 heavy (non-hydrogen) atoms. The third-order valence-corrected chi connectivity index (χ3v) is 6.28. The zero-order valence-electron chi connectivity index (χ0n) is 19.6. The molecule has 0 aromatic heterocycles. The number of carbonyl (C=O) groups is 1. The van der Waals surface area contributed by atoms with Gasteiger partial charge in [-0.25, -0.2) is 0 Å². The first-order valence-corrected chi connectivity index (χ1v) is 12.2. The molecule has 1 heterocycles. The maximum absolute atomic E-state index is 12.4. The van der Waals surface area contributed by atoms with Crippen molar-refractivity contribution in [3.05, 3.63) is 89.5 Å². The molecule has 3 aromatic carbocycles. The molecule has 0 saturated carbocycles. The van der Waals surface area contributed by atoms with E-state index in [2.05, 4.69) is 15.5 Å². The number of carbonyl (C=O) groups excluding carboxylic acids is 1. The Hall–Kier alpha value is -3.78. The first kappa shape index (κ1) is 24.3. The molecule has 3 aromatic rings. The van der Waals surface area contributed by atoms with Crippen LogP contribution in [0.3, 0.4) is 0 Å². The van der Waals surface area contributed by atoms with Crippen LogP contribution in [0.2, 0.25) is 0 Å². The van der Waals surface area contributed by atoms with Gasteiger partial charge in [0.25, 0.3) is 0 Å². The second-order valence-corrected chi connectivity index (χ2v) is 8.90. The number of amidine groups is 1. The summed E-state index contributed by atoms with van der Waals surface area (Å²) in [5.41, 5.74) is 2.94. The number of rotatable bonds is 10. The van der Waals surface area contributed by atoms with Gasteiger partial charge in [-0.1, -0.05) is 54.2 Å². The normalized spacial score (nSPS) is 16.5. The third-order valence-electron chi connectivity index (χ3n) is 5.21. The van der Waals surface area contributed by atoms with E-state index in [1.165, 1.54) is 11.8 Å². The van der Waals surface area contributed by atoms with Crippen molar-refractivity contribution in [3.8, 4) is 17.2 Å². The average molecular weight is 490 g/mol. The quantitative estimate of drug-likeness (QED) is 0.326. The van der Waals surface area contributed by atoms with E-state index in [1.807, 2.05) is 79.7 Å². The lowest BCUT2D eigenvalue weighted by molar-refractivity contribution is -0.118. The number of thioether (sulfide) groups is 1. The van der Waals surface area contributed by atoms with Crippen LogP contribution >= 0.6 is 11.8 Å². The lowest BCUT2D eigenvalue weighted by Crippen LogP contribution is -2.25. The summed E-state index contributed by atoms with van der Waals surface area (Å²) in [4.78, 5) is 12.4. The molecule has 0 aliphatic carbocycles. The summed E-state index contributed by atoms with van der Waals surface area (Å²) in [7, 11) is 1.60. The van der Waals surface area contributed by atoms with Gasteiger partial charge in [0.1, 0.15) is 12.4 Å². The van der Waals surface area contributed by atoms with Gasteiger partial charge in [-0.3, -0.25) is 4.79 Å². The van der Waals surface area contributed by atoms with Crippen molar-refractivity contribution in [2.45, 2.75) is 25.2 Å². The first-order chi connectivity index (χ1) is 17.1. The predicted octanol–water partition coefficient (Wildman–Crippen LogP) is 4.84. The molecule has 1 amide bonds. The number of ether oxygens (including phenoxy) is 3. The van der Waals surface area contributed by atoms with Gasteiger partial charge in [0.05, 0.1) is 25.2 Å². The van der Waals surface area contributed by atoms with Crippen molar-refractivity contribution in [1.29, 1.82) is 0 Å². The summed E-state index contributed by atoms with van der Waals surface area (Å²) in [6.45, 7) is 3.02. The molecule has 0 bridgehead atoms. The molecular formula is C27H27N3O4S. The Labute approximate surface area is 209 Å². The molecule has 1 aliphatic rings. The molecule has 1 aliphatic heterocycles. The Kier molecular flexibility index (Phi) is 8.40. The minimum Gasteiger partial charge on any atom is -0.494 e. The van der Waals surface area contributed by atoms with Crippen molar-refractivity contribution in [2.24, 2.45) is 10.2 Å². The van der Waals surface area contributed by atoms with Crippen LogP contribution in [0, 0.1) is 0 Å². The van der Waals surface area contributed by atoms with Gasteiger partial charge >= 0.3 is 0 Å². The second kappa shape index (κ2) is 12.1. The largest absolute Gasteiger partial charge is 0.494 e. The fraction of sp³-hybridized carbons (Fsp3) is 0.222. The Morgan fingerprint density at radius 2 is 1.77 bits per heavy atom. The lowest BCUT2D eigenvalue weighted by Gasteiger charge is -2.11. The molecule has 0 radical (unpaired) electrons. The van der Waals surface area contributed by atoms with E-state index in [4.69, 9.17) is 14.2 Å². The number of benzene rings is 3. The molecule has 1 unspecified atom stereocenters. The topological polar surface area (TPSA) is 81.5 Å². The molecule has 180 valence electrons. The molecule has 1 atom stereocenters. The van der Waals surface area contributed by atoms with E-state index >= 15 is 0 Å². The fourth-order valence-corrected chi connectivity index (χ4v) is 4.42. The van der Waals surface area contributed by atoms with Crippen molar-refractivity contribution < 1.29 is 19.0 Å². The Balaban J connectivity index is 1.34. The number of nitrogens with one attached hydrogen (secondary N) is 1. The minimum atomic E-state index is -0.247. The predicted molar refractivity (Wildman–Crippen MR) is 140 cm³/mol. The van der Waals surface area contributed by atoms with Crippen LogP contribution in [0.25, 0.3) is 0 Å². The summed E-state index contributed by atoms with van der Waals surface area (Å²) in [5.74, 6) is 2.01. The number of nitrogens with zero attached hydrogens (tertiary/aromatic N) is 2. The van der Waals surface area contributed by atoms with E-state index in [9.17, 15) is 4.79 Å². The van der Waals surface area contributed by atoms with Gasteiger partial charge in [-0.15, -0.1) is 5.10 Å². The average Bonchev–Trinajstić information content (AvgIpc) is 3.23. The first-order valence-electron chi connectivity index (χ1n) is 11.3. The van der Waals surface area contributed by atoms with Crippen LogP contribution < -0.4 is 19.5 Å². The van der Waals surface area contributed by atoms with Gasteiger partial charge in [-0.05, 0) is 60.4 Å². The zero-order chi connectivity index (χ0) is 24.5. The molecule has 8 heteroatoms. The molecular weight excluding hydrogens is 462 g/mol. The summed E-state index contributed by atoms with van der Waals surface area (Å²) in [5, 5.41) is 11.4. The smallest absolute Gasteiger partial charge is 0.239 e. The summed E-state index contributed by atoms with van der Waals surface area (Å²) in [6.07, 6.45) is 2.22. The Morgan fingerprint density at radius 1 is 0.971 bits per heavy atom. The van der Waals surface area contributed by atoms with E-state index in [-0.39, 0.29) is 11.2 Å². The van der Waals surface area contributed by atoms with Crippen LogP contribution in [0.5, 0.6) is 17.2 Å². The highest BCUT2D eigenvalue weighted by Gasteiger charge is 2.30.